The molecule has 0 aromatic heterocycles. The summed E-state index contributed by atoms with van der Waals surface area (Å²) < 4.78 is 6.90. The van der Waals surface area contributed by atoms with Crippen LogP contribution in [0.2, 0.25) is 0 Å². The number of ether oxygens (including phenoxy) is 1. The molecule has 1 unspecified atom stereocenters. The lowest BCUT2D eigenvalue weighted by Gasteiger charge is -2.37. The van der Waals surface area contributed by atoms with Crippen molar-refractivity contribution >= 4 is 5.57 Å². The fourth-order valence-electron chi connectivity index (χ4n) is 5.14. The molecule has 1 atom stereocenters. The first-order valence-electron chi connectivity index (χ1n) is 12.3. The lowest BCUT2D eigenvalue weighted by atomic mass is 9.78. The minimum atomic E-state index is -0.376. The lowest BCUT2D eigenvalue weighted by Crippen LogP contribution is -2.36. The van der Waals surface area contributed by atoms with Gasteiger partial charge in [0.25, 0.3) is 0 Å². The molecule has 0 radical (unpaired) electrons. The van der Waals surface area contributed by atoms with E-state index in [1.807, 2.05) is 0 Å². The molecule has 1 aliphatic heterocycles. The van der Waals surface area contributed by atoms with Crippen molar-refractivity contribution in [1.82, 2.24) is 5.32 Å². The molecule has 1 saturated heterocycles. The quantitative estimate of drug-likeness (QED) is 0.478. The summed E-state index contributed by atoms with van der Waals surface area (Å²) in [5, 5.41) is 3.48. The monoisotopic (exact) mass is 427 g/mol. The Balaban J connectivity index is 1.68. The Kier molecular flexibility index (Phi) is 8.14. The largest absolute Gasteiger partial charge is 0.366 e. The van der Waals surface area contributed by atoms with Crippen LogP contribution in [0.1, 0.15) is 50.2 Å². The van der Waals surface area contributed by atoms with Crippen molar-refractivity contribution in [1.29, 1.82) is 0 Å². The van der Waals surface area contributed by atoms with Gasteiger partial charge in [-0.1, -0.05) is 85.8 Å². The van der Waals surface area contributed by atoms with Gasteiger partial charge in [0.05, 0.1) is 0 Å². The highest BCUT2D eigenvalue weighted by molar-refractivity contribution is 5.71. The van der Waals surface area contributed by atoms with Gasteiger partial charge in [0, 0.05) is 13.0 Å². The summed E-state index contributed by atoms with van der Waals surface area (Å²) in [7, 11) is 0. The molecule has 2 heteroatoms. The predicted molar refractivity (Wildman–Crippen MR) is 136 cm³/mol. The van der Waals surface area contributed by atoms with Gasteiger partial charge < -0.3 is 10.1 Å². The van der Waals surface area contributed by atoms with Gasteiger partial charge >= 0.3 is 0 Å². The maximum Gasteiger partial charge on any atom is 0.112 e. The van der Waals surface area contributed by atoms with Crippen LogP contribution >= 0.6 is 0 Å². The minimum Gasteiger partial charge on any atom is -0.366 e. The van der Waals surface area contributed by atoms with E-state index in [-0.39, 0.29) is 5.60 Å². The highest BCUT2D eigenvalue weighted by atomic mass is 16.5. The number of piperidine rings is 1. The zero-order valence-corrected chi connectivity index (χ0v) is 19.4. The molecule has 1 aliphatic carbocycles. The van der Waals surface area contributed by atoms with Crippen molar-refractivity contribution in [3.8, 4) is 0 Å². The molecule has 1 heterocycles. The lowest BCUT2D eigenvalue weighted by molar-refractivity contribution is 0.0100. The Morgan fingerprint density at radius 3 is 2.34 bits per heavy atom. The average molecular weight is 428 g/mol. The van der Waals surface area contributed by atoms with Crippen LogP contribution in [-0.4, -0.2) is 25.3 Å². The molecule has 0 saturated carbocycles. The van der Waals surface area contributed by atoms with E-state index in [9.17, 15) is 0 Å². The summed E-state index contributed by atoms with van der Waals surface area (Å²) in [6.07, 6.45) is 15.4. The average Bonchev–Trinajstić information content (AvgIpc) is 2.86. The summed E-state index contributed by atoms with van der Waals surface area (Å²) in [5.41, 5.74) is 5.09. The van der Waals surface area contributed by atoms with Crippen LogP contribution in [0.4, 0.5) is 0 Å². The van der Waals surface area contributed by atoms with Crippen molar-refractivity contribution in [2.45, 2.75) is 51.0 Å². The van der Waals surface area contributed by atoms with Crippen molar-refractivity contribution in [3.63, 3.8) is 0 Å². The second-order valence-electron chi connectivity index (χ2n) is 9.05. The number of hydrogen-bond acceptors (Lipinski definition) is 2. The van der Waals surface area contributed by atoms with E-state index in [2.05, 4.69) is 97.2 Å². The standard InChI is InChI=1S/C30H37NO/c1-2-28(27-14-8-4-9-15-27)29(24-26-12-6-3-7-13-26)30(19-10-5-11-20-30)32-23-18-25-16-21-31-22-17-25/h3-15,19,25,31H,2,16-18,20-24H2,1H3. The number of hydrogen-bond donors (Lipinski definition) is 1. The van der Waals surface area contributed by atoms with Crippen molar-refractivity contribution in [3.05, 3.63) is 102 Å². The second-order valence-corrected chi connectivity index (χ2v) is 9.05. The molecule has 0 spiro atoms. The molecule has 0 amide bonds. The number of nitrogens with one attached hydrogen (secondary N) is 1. The van der Waals surface area contributed by atoms with Gasteiger partial charge in [-0.25, -0.2) is 0 Å². The van der Waals surface area contributed by atoms with Gasteiger partial charge in [0.1, 0.15) is 5.60 Å². The molecule has 0 bridgehead atoms. The van der Waals surface area contributed by atoms with Gasteiger partial charge in [-0.2, -0.15) is 0 Å². The Morgan fingerprint density at radius 2 is 1.69 bits per heavy atom. The molecule has 2 aromatic rings. The SMILES string of the molecule is CCC(=C(Cc1ccccc1)C1(OCCC2CCNCC2)C=CC=CC1)c1ccccc1. The summed E-state index contributed by atoms with van der Waals surface area (Å²) in [6.45, 7) is 5.38. The molecular formula is C30H37NO. The van der Waals surface area contributed by atoms with Gasteiger partial charge in [0.15, 0.2) is 0 Å². The first kappa shape index (κ1) is 22.8. The minimum absolute atomic E-state index is 0.376. The third-order valence-electron chi connectivity index (χ3n) is 6.95. The maximum atomic E-state index is 6.90. The Morgan fingerprint density at radius 1 is 0.969 bits per heavy atom. The third-order valence-corrected chi connectivity index (χ3v) is 6.95. The van der Waals surface area contributed by atoms with E-state index in [1.165, 1.54) is 35.1 Å². The van der Waals surface area contributed by atoms with Crippen LogP contribution in [0.15, 0.2) is 90.5 Å². The second kappa shape index (κ2) is 11.4. The van der Waals surface area contributed by atoms with Crippen LogP contribution in [0.25, 0.3) is 5.57 Å². The van der Waals surface area contributed by atoms with E-state index >= 15 is 0 Å². The van der Waals surface area contributed by atoms with E-state index in [4.69, 9.17) is 4.74 Å². The molecule has 1 N–H and O–H groups in total. The van der Waals surface area contributed by atoms with Crippen LogP contribution < -0.4 is 5.32 Å². The smallest absolute Gasteiger partial charge is 0.112 e. The molecule has 4 rings (SSSR count). The van der Waals surface area contributed by atoms with Gasteiger partial charge in [-0.15, -0.1) is 0 Å². The maximum absolute atomic E-state index is 6.90. The van der Waals surface area contributed by atoms with Crippen LogP contribution in [0.3, 0.4) is 0 Å². The zero-order chi connectivity index (χ0) is 22.1. The van der Waals surface area contributed by atoms with Crippen LogP contribution in [-0.2, 0) is 11.2 Å². The number of benzene rings is 2. The molecule has 1 fully saturated rings. The highest BCUT2D eigenvalue weighted by Crippen LogP contribution is 2.39. The summed E-state index contributed by atoms with van der Waals surface area (Å²) in [5.74, 6) is 0.776. The van der Waals surface area contributed by atoms with Gasteiger partial charge in [-0.05, 0) is 79.5 Å². The fourth-order valence-corrected chi connectivity index (χ4v) is 5.14. The highest BCUT2D eigenvalue weighted by Gasteiger charge is 2.35. The van der Waals surface area contributed by atoms with Crippen molar-refractivity contribution < 1.29 is 4.74 Å². The van der Waals surface area contributed by atoms with E-state index in [0.717, 1.165) is 51.3 Å². The first-order chi connectivity index (χ1) is 15.8. The number of rotatable bonds is 9. The van der Waals surface area contributed by atoms with E-state index < -0.39 is 0 Å². The molecule has 32 heavy (non-hydrogen) atoms. The van der Waals surface area contributed by atoms with E-state index in [0.29, 0.717) is 0 Å². The first-order valence-corrected chi connectivity index (χ1v) is 12.3. The van der Waals surface area contributed by atoms with Gasteiger partial charge in [-0.3, -0.25) is 0 Å². The topological polar surface area (TPSA) is 21.3 Å². The van der Waals surface area contributed by atoms with Crippen molar-refractivity contribution in [2.24, 2.45) is 5.92 Å². The summed E-state index contributed by atoms with van der Waals surface area (Å²) >= 11 is 0. The van der Waals surface area contributed by atoms with Crippen LogP contribution in [0.5, 0.6) is 0 Å². The molecule has 2 aromatic carbocycles. The molecule has 2 nitrogen and oxygen atoms in total. The Bertz CT molecular complexity index is 922. The predicted octanol–water partition coefficient (Wildman–Crippen LogP) is 6.75. The fraction of sp³-hybridized carbons (Fsp3) is 0.400. The van der Waals surface area contributed by atoms with Crippen LogP contribution in [0, 0.1) is 5.92 Å². The Labute approximate surface area is 194 Å². The molecule has 2 aliphatic rings. The summed E-state index contributed by atoms with van der Waals surface area (Å²) in [6, 6.07) is 21.7. The van der Waals surface area contributed by atoms with Crippen molar-refractivity contribution in [2.75, 3.05) is 19.7 Å². The molecular weight excluding hydrogens is 390 g/mol. The number of allylic oxidation sites excluding steroid dienone is 3. The van der Waals surface area contributed by atoms with Gasteiger partial charge in [0.2, 0.25) is 0 Å². The normalized spacial score (nSPS) is 22.0. The van der Waals surface area contributed by atoms with E-state index in [1.54, 1.807) is 0 Å². The zero-order valence-electron chi connectivity index (χ0n) is 19.4. The molecule has 168 valence electrons. The third kappa shape index (κ3) is 5.68. The Hall–Kier alpha value is -2.42. The summed E-state index contributed by atoms with van der Waals surface area (Å²) in [4.78, 5) is 0.